The third kappa shape index (κ3) is 1.17. The molecule has 0 spiro atoms. The maximum atomic E-state index is 4.39. The van der Waals surface area contributed by atoms with E-state index in [0.29, 0.717) is 0 Å². The summed E-state index contributed by atoms with van der Waals surface area (Å²) >= 11 is 1.67. The van der Waals surface area contributed by atoms with Crippen LogP contribution in [-0.4, -0.2) is 4.98 Å². The Kier molecular flexibility index (Phi) is 1.74. The molecule has 1 aromatic carbocycles. The highest BCUT2D eigenvalue weighted by atomic mass is 32.1. The SMILES string of the molecule is CCc1c#cc2sc(C)nc2c1. The van der Waals surface area contributed by atoms with Gasteiger partial charge in [0.1, 0.15) is 4.70 Å². The number of nitrogens with zero attached hydrogens (tertiary/aromatic N) is 1. The zero-order chi connectivity index (χ0) is 8.55. The van der Waals surface area contributed by atoms with Gasteiger partial charge >= 0.3 is 0 Å². The van der Waals surface area contributed by atoms with Gasteiger partial charge in [-0.3, -0.25) is 0 Å². The van der Waals surface area contributed by atoms with Gasteiger partial charge < -0.3 is 0 Å². The number of aryl methyl sites for hydroxylation is 2. The first kappa shape index (κ1) is 7.57. The molecule has 0 aliphatic carbocycles. The fraction of sp³-hybridized carbons (Fsp3) is 0.300. The van der Waals surface area contributed by atoms with Crippen molar-refractivity contribution >= 4 is 21.6 Å². The molecule has 2 rings (SSSR count). The Morgan fingerprint density at radius 2 is 2.33 bits per heavy atom. The second-order valence-corrected chi connectivity index (χ2v) is 3.92. The maximum absolute atomic E-state index is 4.39. The summed E-state index contributed by atoms with van der Waals surface area (Å²) in [6, 6.07) is 8.33. The molecule has 12 heavy (non-hydrogen) atoms. The molecule has 0 fully saturated rings. The van der Waals surface area contributed by atoms with Crippen LogP contribution >= 0.6 is 11.3 Å². The molecule has 0 saturated carbocycles. The molecule has 0 aliphatic rings. The van der Waals surface area contributed by atoms with Crippen LogP contribution in [0.5, 0.6) is 0 Å². The minimum atomic E-state index is 1.00. The van der Waals surface area contributed by atoms with Crippen LogP contribution < -0.4 is 0 Å². The van der Waals surface area contributed by atoms with Gasteiger partial charge in [0.05, 0.1) is 10.5 Å². The minimum Gasteiger partial charge on any atom is -0.241 e. The summed E-state index contributed by atoms with van der Waals surface area (Å²) in [6.07, 6.45) is 1.00. The first-order valence-electron chi connectivity index (χ1n) is 3.99. The Morgan fingerprint density at radius 3 is 3.08 bits per heavy atom. The van der Waals surface area contributed by atoms with E-state index in [4.69, 9.17) is 0 Å². The first-order valence-corrected chi connectivity index (χ1v) is 4.81. The second kappa shape index (κ2) is 2.76. The Bertz CT molecular complexity index is 403. The standard InChI is InChI=1S/C10H9NS/c1-3-8-4-5-10-9(6-8)11-7(2)12-10/h6H,3H2,1-2H3. The molecular formula is C10H9NS. The van der Waals surface area contributed by atoms with Crippen molar-refractivity contribution in [1.82, 2.24) is 4.98 Å². The summed E-state index contributed by atoms with van der Waals surface area (Å²) in [5, 5.41) is 1.10. The fourth-order valence-electron chi connectivity index (χ4n) is 1.16. The van der Waals surface area contributed by atoms with Crippen LogP contribution in [0, 0.1) is 19.1 Å². The van der Waals surface area contributed by atoms with Gasteiger partial charge in [-0.2, -0.15) is 0 Å². The number of hydrogen-bond donors (Lipinski definition) is 0. The van der Waals surface area contributed by atoms with Crippen molar-refractivity contribution in [1.29, 1.82) is 0 Å². The van der Waals surface area contributed by atoms with E-state index in [2.05, 4.69) is 30.1 Å². The normalized spacial score (nSPS) is 10.2. The van der Waals surface area contributed by atoms with Crippen LogP contribution in [0.3, 0.4) is 0 Å². The molecule has 0 bridgehead atoms. The molecule has 0 amide bonds. The summed E-state index contributed by atoms with van der Waals surface area (Å²) in [4.78, 5) is 4.39. The van der Waals surface area contributed by atoms with E-state index in [1.807, 2.05) is 6.92 Å². The van der Waals surface area contributed by atoms with Crippen LogP contribution in [0.15, 0.2) is 6.07 Å². The van der Waals surface area contributed by atoms with Crippen LogP contribution in [0.1, 0.15) is 17.5 Å². The van der Waals surface area contributed by atoms with E-state index in [9.17, 15) is 0 Å². The fourth-order valence-corrected chi connectivity index (χ4v) is 1.91. The van der Waals surface area contributed by atoms with Gasteiger partial charge in [0, 0.05) is 5.56 Å². The molecule has 0 unspecified atom stereocenters. The molecule has 2 aromatic rings. The van der Waals surface area contributed by atoms with Gasteiger partial charge in [0.2, 0.25) is 0 Å². The van der Waals surface area contributed by atoms with Crippen LogP contribution in [0.4, 0.5) is 0 Å². The largest absolute Gasteiger partial charge is 0.241 e. The lowest BCUT2D eigenvalue weighted by Gasteiger charge is -1.87. The lowest BCUT2D eigenvalue weighted by molar-refractivity contribution is 1.15. The molecular weight excluding hydrogens is 166 g/mol. The highest BCUT2D eigenvalue weighted by molar-refractivity contribution is 7.18. The lowest BCUT2D eigenvalue weighted by atomic mass is 10.2. The average molecular weight is 175 g/mol. The minimum absolute atomic E-state index is 1.00. The monoisotopic (exact) mass is 175 g/mol. The quantitative estimate of drug-likeness (QED) is 0.649. The zero-order valence-electron chi connectivity index (χ0n) is 7.14. The van der Waals surface area contributed by atoms with E-state index >= 15 is 0 Å². The van der Waals surface area contributed by atoms with E-state index in [1.165, 1.54) is 5.56 Å². The topological polar surface area (TPSA) is 12.9 Å². The van der Waals surface area contributed by atoms with Gasteiger partial charge in [-0.15, -0.1) is 11.3 Å². The van der Waals surface area contributed by atoms with Gasteiger partial charge in [-0.05, 0) is 25.5 Å². The number of fused-ring (bicyclic) bond motifs is 1. The van der Waals surface area contributed by atoms with E-state index < -0.39 is 0 Å². The lowest BCUT2D eigenvalue weighted by Crippen LogP contribution is -1.76. The summed E-state index contributed by atoms with van der Waals surface area (Å²) in [5.41, 5.74) is 2.25. The molecule has 2 heteroatoms. The molecule has 60 valence electrons. The molecule has 1 nitrogen and oxygen atoms in total. The zero-order valence-corrected chi connectivity index (χ0v) is 7.96. The van der Waals surface area contributed by atoms with Gasteiger partial charge in [-0.25, -0.2) is 4.98 Å². The third-order valence-corrected chi connectivity index (χ3v) is 2.69. The molecule has 0 aliphatic heterocycles. The smallest absolute Gasteiger partial charge is 0.105 e. The van der Waals surface area contributed by atoms with Crippen molar-refractivity contribution in [3.8, 4) is 0 Å². The number of thiazole rings is 1. The molecule has 1 aromatic heterocycles. The Labute approximate surface area is 76.1 Å². The van der Waals surface area contributed by atoms with Gasteiger partial charge in [0.15, 0.2) is 0 Å². The maximum Gasteiger partial charge on any atom is 0.105 e. The van der Waals surface area contributed by atoms with Gasteiger partial charge in [0.25, 0.3) is 0 Å². The van der Waals surface area contributed by atoms with Crippen molar-refractivity contribution in [2.75, 3.05) is 0 Å². The van der Waals surface area contributed by atoms with Crippen LogP contribution in [-0.2, 0) is 6.42 Å². The molecule has 0 atom stereocenters. The summed E-state index contributed by atoms with van der Waals surface area (Å²) in [6.45, 7) is 4.13. The van der Waals surface area contributed by atoms with Crippen LogP contribution in [0.25, 0.3) is 10.2 Å². The summed E-state index contributed by atoms with van der Waals surface area (Å²) in [7, 11) is 0. The first-order chi connectivity index (χ1) is 5.79. The number of aromatic nitrogens is 1. The molecule has 0 saturated heterocycles. The van der Waals surface area contributed by atoms with Gasteiger partial charge in [-0.1, -0.05) is 13.0 Å². The number of rotatable bonds is 1. The van der Waals surface area contributed by atoms with Crippen molar-refractivity contribution < 1.29 is 0 Å². The number of hydrogen-bond acceptors (Lipinski definition) is 2. The Hall–Kier alpha value is -1.07. The Morgan fingerprint density at radius 1 is 1.50 bits per heavy atom. The van der Waals surface area contributed by atoms with Crippen molar-refractivity contribution in [3.63, 3.8) is 0 Å². The van der Waals surface area contributed by atoms with E-state index in [0.717, 1.165) is 21.6 Å². The van der Waals surface area contributed by atoms with Crippen molar-refractivity contribution in [2.24, 2.45) is 0 Å². The van der Waals surface area contributed by atoms with Crippen molar-refractivity contribution in [3.05, 3.63) is 28.8 Å². The van der Waals surface area contributed by atoms with E-state index in [1.54, 1.807) is 11.3 Å². The highest BCUT2D eigenvalue weighted by Crippen LogP contribution is 2.19. The molecule has 0 N–H and O–H groups in total. The van der Waals surface area contributed by atoms with Crippen molar-refractivity contribution in [2.45, 2.75) is 20.3 Å². The van der Waals surface area contributed by atoms with E-state index in [-0.39, 0.29) is 0 Å². The summed E-state index contributed by atoms with van der Waals surface area (Å²) < 4.78 is 1.12. The predicted molar refractivity (Wildman–Crippen MR) is 51.4 cm³/mol. The van der Waals surface area contributed by atoms with Crippen LogP contribution in [0.2, 0.25) is 0 Å². The molecule has 1 heterocycles. The summed E-state index contributed by atoms with van der Waals surface area (Å²) in [5.74, 6) is 0. The third-order valence-electron chi connectivity index (χ3n) is 1.79. The predicted octanol–water partition coefficient (Wildman–Crippen LogP) is 2.77. The molecule has 0 radical (unpaired) electrons. The highest BCUT2D eigenvalue weighted by Gasteiger charge is 1.98. The second-order valence-electron chi connectivity index (χ2n) is 2.72. The Balaban J connectivity index is 2.66. The average Bonchev–Trinajstić information content (AvgIpc) is 2.43.